The zero-order valence-corrected chi connectivity index (χ0v) is 18.6. The van der Waals surface area contributed by atoms with Crippen LogP contribution in [0.4, 0.5) is 10.1 Å². The number of benzene rings is 2. The molecule has 0 bridgehead atoms. The lowest BCUT2D eigenvalue weighted by Crippen LogP contribution is -2.25. The van der Waals surface area contributed by atoms with Crippen molar-refractivity contribution >= 4 is 5.69 Å². The third kappa shape index (κ3) is 5.24. The quantitative estimate of drug-likeness (QED) is 0.509. The fraction of sp³-hybridized carbons (Fsp3) is 0.375. The summed E-state index contributed by atoms with van der Waals surface area (Å²) in [6.07, 6.45) is 1.86. The molecule has 0 amide bonds. The first-order valence-electron chi connectivity index (χ1n) is 10.8. The SMILES string of the molecule is CCCC(C)Nc1cc(-n2nc(COCc3ccccc3)n(CC)c2=O)c(F)cc1C#N. The number of hydrogen-bond acceptors (Lipinski definition) is 5. The van der Waals surface area contributed by atoms with Gasteiger partial charge in [0.15, 0.2) is 11.6 Å². The molecule has 0 saturated heterocycles. The van der Waals surface area contributed by atoms with Gasteiger partial charge in [0.05, 0.1) is 17.9 Å². The van der Waals surface area contributed by atoms with Gasteiger partial charge in [0.2, 0.25) is 0 Å². The van der Waals surface area contributed by atoms with Gasteiger partial charge in [0.1, 0.15) is 18.4 Å². The Bertz CT molecular complexity index is 1150. The van der Waals surface area contributed by atoms with Gasteiger partial charge in [-0.1, -0.05) is 43.7 Å². The number of anilines is 1. The van der Waals surface area contributed by atoms with Gasteiger partial charge in [-0.2, -0.15) is 9.94 Å². The molecular formula is C24H28FN5O2. The first-order valence-corrected chi connectivity index (χ1v) is 10.8. The lowest BCUT2D eigenvalue weighted by molar-refractivity contribution is 0.0989. The smallest absolute Gasteiger partial charge is 0.350 e. The minimum absolute atomic E-state index is 0.00305. The minimum atomic E-state index is -0.685. The second kappa shape index (κ2) is 10.7. The molecule has 1 N–H and O–H groups in total. The van der Waals surface area contributed by atoms with Crippen LogP contribution >= 0.6 is 0 Å². The van der Waals surface area contributed by atoms with Crippen molar-refractivity contribution in [3.05, 3.63) is 75.7 Å². The van der Waals surface area contributed by atoms with Crippen LogP contribution in [-0.2, 0) is 24.5 Å². The third-order valence-electron chi connectivity index (χ3n) is 5.16. The molecule has 3 aromatic rings. The van der Waals surface area contributed by atoms with E-state index in [2.05, 4.69) is 17.3 Å². The van der Waals surface area contributed by atoms with Gasteiger partial charge in [-0.25, -0.2) is 9.18 Å². The summed E-state index contributed by atoms with van der Waals surface area (Å²) in [6.45, 7) is 6.75. The summed E-state index contributed by atoms with van der Waals surface area (Å²) in [5, 5.41) is 17.0. The van der Waals surface area contributed by atoms with Crippen molar-refractivity contribution in [2.24, 2.45) is 0 Å². The normalized spacial score (nSPS) is 11.8. The Balaban J connectivity index is 1.91. The van der Waals surface area contributed by atoms with E-state index in [1.807, 2.05) is 50.2 Å². The van der Waals surface area contributed by atoms with Gasteiger partial charge < -0.3 is 10.1 Å². The maximum absolute atomic E-state index is 14.9. The molecule has 1 aromatic heterocycles. The number of aromatic nitrogens is 3. The van der Waals surface area contributed by atoms with Crippen molar-refractivity contribution in [1.29, 1.82) is 5.26 Å². The van der Waals surface area contributed by atoms with Crippen LogP contribution in [0.1, 0.15) is 50.6 Å². The molecule has 1 atom stereocenters. The van der Waals surface area contributed by atoms with Crippen LogP contribution in [-0.4, -0.2) is 20.4 Å². The Morgan fingerprint density at radius 1 is 1.22 bits per heavy atom. The number of halogens is 1. The highest BCUT2D eigenvalue weighted by Crippen LogP contribution is 2.24. The molecule has 0 spiro atoms. The van der Waals surface area contributed by atoms with E-state index >= 15 is 0 Å². The predicted molar refractivity (Wildman–Crippen MR) is 121 cm³/mol. The molecule has 32 heavy (non-hydrogen) atoms. The van der Waals surface area contributed by atoms with Gasteiger partial charge in [0.25, 0.3) is 0 Å². The lowest BCUT2D eigenvalue weighted by atomic mass is 10.1. The molecule has 0 aliphatic heterocycles. The standard InChI is InChI=1S/C24H28FN5O2/c1-4-9-17(3)27-21-13-22(20(25)12-19(21)14-26)30-24(31)29(5-2)23(28-30)16-32-15-18-10-7-6-8-11-18/h6-8,10-13,17,27H,4-5,9,15-16H2,1-3H3. The Morgan fingerprint density at radius 2 is 1.97 bits per heavy atom. The molecular weight excluding hydrogens is 409 g/mol. The molecule has 0 saturated carbocycles. The Hall–Kier alpha value is -3.44. The van der Waals surface area contributed by atoms with E-state index in [0.29, 0.717) is 24.7 Å². The molecule has 168 valence electrons. The van der Waals surface area contributed by atoms with Crippen LogP contribution in [0.15, 0.2) is 47.3 Å². The molecule has 0 radical (unpaired) electrons. The molecule has 0 aliphatic carbocycles. The maximum Gasteiger partial charge on any atom is 0.350 e. The third-order valence-corrected chi connectivity index (χ3v) is 5.16. The maximum atomic E-state index is 14.9. The second-order valence-electron chi connectivity index (χ2n) is 7.63. The molecule has 8 heteroatoms. The molecule has 1 unspecified atom stereocenters. The molecule has 3 rings (SSSR count). The Labute approximate surface area is 187 Å². The first kappa shape index (κ1) is 23.2. The fourth-order valence-electron chi connectivity index (χ4n) is 3.56. The van der Waals surface area contributed by atoms with Crippen LogP contribution in [0.5, 0.6) is 0 Å². The van der Waals surface area contributed by atoms with Crippen molar-refractivity contribution in [2.75, 3.05) is 5.32 Å². The van der Waals surface area contributed by atoms with Crippen LogP contribution in [0.2, 0.25) is 0 Å². The molecule has 0 fully saturated rings. The van der Waals surface area contributed by atoms with Crippen LogP contribution in [0, 0.1) is 17.1 Å². The van der Waals surface area contributed by atoms with Crippen LogP contribution in [0.3, 0.4) is 0 Å². The number of nitrogens with zero attached hydrogens (tertiary/aromatic N) is 4. The van der Waals surface area contributed by atoms with Crippen molar-refractivity contribution in [3.8, 4) is 11.8 Å². The number of nitriles is 1. The number of hydrogen-bond donors (Lipinski definition) is 1. The van der Waals surface area contributed by atoms with Crippen molar-refractivity contribution in [3.63, 3.8) is 0 Å². The van der Waals surface area contributed by atoms with Crippen molar-refractivity contribution in [1.82, 2.24) is 14.3 Å². The molecule has 7 nitrogen and oxygen atoms in total. The summed E-state index contributed by atoms with van der Waals surface area (Å²) < 4.78 is 23.1. The van der Waals surface area contributed by atoms with Gasteiger partial charge in [-0.05, 0) is 38.0 Å². The summed E-state index contributed by atoms with van der Waals surface area (Å²) in [4.78, 5) is 13.0. The van der Waals surface area contributed by atoms with E-state index in [1.165, 1.54) is 10.6 Å². The lowest BCUT2D eigenvalue weighted by Gasteiger charge is -2.16. The van der Waals surface area contributed by atoms with E-state index in [9.17, 15) is 14.4 Å². The molecule has 2 aromatic carbocycles. The topological polar surface area (TPSA) is 84.9 Å². The summed E-state index contributed by atoms with van der Waals surface area (Å²) in [5.41, 5.74) is 1.21. The van der Waals surface area contributed by atoms with Gasteiger partial charge in [-0.15, -0.1) is 5.10 Å². The largest absolute Gasteiger partial charge is 0.381 e. The minimum Gasteiger partial charge on any atom is -0.381 e. The highest BCUT2D eigenvalue weighted by atomic mass is 19.1. The average molecular weight is 438 g/mol. The highest BCUT2D eigenvalue weighted by Gasteiger charge is 2.19. The van der Waals surface area contributed by atoms with Gasteiger partial charge in [0, 0.05) is 12.6 Å². The average Bonchev–Trinajstić information content (AvgIpc) is 3.10. The summed E-state index contributed by atoms with van der Waals surface area (Å²) >= 11 is 0. The van der Waals surface area contributed by atoms with Crippen molar-refractivity contribution in [2.45, 2.75) is 59.4 Å². The summed E-state index contributed by atoms with van der Waals surface area (Å²) in [5.74, 6) is -0.277. The fourth-order valence-corrected chi connectivity index (χ4v) is 3.56. The van der Waals surface area contributed by atoms with E-state index in [1.54, 1.807) is 0 Å². The van der Waals surface area contributed by atoms with E-state index < -0.39 is 11.5 Å². The number of nitrogens with one attached hydrogen (secondary N) is 1. The Kier molecular flexibility index (Phi) is 7.79. The zero-order valence-electron chi connectivity index (χ0n) is 18.6. The predicted octanol–water partition coefficient (Wildman–Crippen LogP) is 4.38. The summed E-state index contributed by atoms with van der Waals surface area (Å²) in [7, 11) is 0. The van der Waals surface area contributed by atoms with Crippen molar-refractivity contribution < 1.29 is 9.13 Å². The first-order chi connectivity index (χ1) is 15.5. The van der Waals surface area contributed by atoms with Crippen LogP contribution < -0.4 is 11.0 Å². The Morgan fingerprint density at radius 3 is 2.62 bits per heavy atom. The molecule has 1 heterocycles. The molecule has 0 aliphatic rings. The van der Waals surface area contributed by atoms with E-state index in [-0.39, 0.29) is 23.9 Å². The highest BCUT2D eigenvalue weighted by molar-refractivity contribution is 5.62. The van der Waals surface area contributed by atoms with Crippen LogP contribution in [0.25, 0.3) is 5.69 Å². The number of ether oxygens (including phenoxy) is 1. The van der Waals surface area contributed by atoms with Gasteiger partial charge in [-0.3, -0.25) is 4.57 Å². The zero-order chi connectivity index (χ0) is 23.1. The summed E-state index contributed by atoms with van der Waals surface area (Å²) in [6, 6.07) is 14.4. The monoisotopic (exact) mass is 437 g/mol. The van der Waals surface area contributed by atoms with Gasteiger partial charge >= 0.3 is 5.69 Å². The number of rotatable bonds is 10. The van der Waals surface area contributed by atoms with E-state index in [0.717, 1.165) is 29.2 Å². The second-order valence-corrected chi connectivity index (χ2v) is 7.63. The van der Waals surface area contributed by atoms with E-state index in [4.69, 9.17) is 4.74 Å².